The second-order valence-corrected chi connectivity index (χ2v) is 10.4. The van der Waals surface area contributed by atoms with Crippen LogP contribution in [0.15, 0.2) is 64.2 Å². The van der Waals surface area contributed by atoms with Crippen molar-refractivity contribution in [3.63, 3.8) is 0 Å². The van der Waals surface area contributed by atoms with Crippen LogP contribution in [0.2, 0.25) is 0 Å². The first-order chi connectivity index (χ1) is 16.3. The van der Waals surface area contributed by atoms with Gasteiger partial charge in [0.2, 0.25) is 5.91 Å². The molecule has 10 heteroatoms. The number of thiophene rings is 1. The standard InChI is InChI=1S/C24H26N2O6S2/c1-3-31-19-11-12-21(32-4-2)20(16-19)26-24(28)17-7-9-18(10-8-17)25-22(27)13-15-34(29,30)23-6-5-14-33-23/h5-12,14,16H,3-4,13,15H2,1-2H3,(H,25,27)(H,26,28). The van der Waals surface area contributed by atoms with Gasteiger partial charge in [0.15, 0.2) is 9.84 Å². The molecule has 1 heterocycles. The Bertz CT molecular complexity index is 1220. The van der Waals surface area contributed by atoms with Gasteiger partial charge in [0.1, 0.15) is 15.7 Å². The summed E-state index contributed by atoms with van der Waals surface area (Å²) in [5.74, 6) is 0.0880. The lowest BCUT2D eigenvalue weighted by atomic mass is 10.1. The molecule has 2 aromatic carbocycles. The summed E-state index contributed by atoms with van der Waals surface area (Å²) >= 11 is 1.12. The summed E-state index contributed by atoms with van der Waals surface area (Å²) in [6.45, 7) is 4.67. The van der Waals surface area contributed by atoms with Gasteiger partial charge in [-0.05, 0) is 61.7 Å². The molecule has 0 unspecified atom stereocenters. The minimum Gasteiger partial charge on any atom is -0.494 e. The van der Waals surface area contributed by atoms with E-state index in [1.54, 1.807) is 53.9 Å². The molecule has 3 aromatic rings. The zero-order valence-electron chi connectivity index (χ0n) is 18.9. The normalized spacial score (nSPS) is 11.0. The summed E-state index contributed by atoms with van der Waals surface area (Å²) in [4.78, 5) is 24.9. The number of rotatable bonds is 11. The van der Waals surface area contributed by atoms with Gasteiger partial charge in [-0.2, -0.15) is 0 Å². The number of nitrogens with one attached hydrogen (secondary N) is 2. The van der Waals surface area contributed by atoms with Gasteiger partial charge in [0.05, 0.1) is 24.7 Å². The highest BCUT2D eigenvalue weighted by atomic mass is 32.2. The predicted octanol–water partition coefficient (Wildman–Crippen LogP) is 4.60. The largest absolute Gasteiger partial charge is 0.494 e. The second kappa shape index (κ2) is 11.7. The zero-order chi connectivity index (χ0) is 24.6. The van der Waals surface area contributed by atoms with E-state index in [-0.39, 0.29) is 22.3 Å². The van der Waals surface area contributed by atoms with Gasteiger partial charge >= 0.3 is 0 Å². The lowest BCUT2D eigenvalue weighted by Gasteiger charge is -2.14. The number of hydrogen-bond donors (Lipinski definition) is 2. The Kier molecular flexibility index (Phi) is 8.67. The van der Waals surface area contributed by atoms with Crippen LogP contribution in [0.25, 0.3) is 0 Å². The lowest BCUT2D eigenvalue weighted by molar-refractivity contribution is -0.115. The summed E-state index contributed by atoms with van der Waals surface area (Å²) in [7, 11) is -3.48. The number of ether oxygens (including phenoxy) is 2. The molecule has 0 fully saturated rings. The first-order valence-electron chi connectivity index (χ1n) is 10.7. The molecule has 0 spiro atoms. The third-order valence-corrected chi connectivity index (χ3v) is 7.84. The van der Waals surface area contributed by atoms with Crippen LogP contribution in [-0.2, 0) is 14.6 Å². The second-order valence-electron chi connectivity index (χ2n) is 7.10. The Morgan fingerprint density at radius 2 is 1.68 bits per heavy atom. The van der Waals surface area contributed by atoms with Crippen LogP contribution in [0.1, 0.15) is 30.6 Å². The van der Waals surface area contributed by atoms with Crippen LogP contribution < -0.4 is 20.1 Å². The fraction of sp³-hybridized carbons (Fsp3) is 0.250. The maximum Gasteiger partial charge on any atom is 0.255 e. The summed E-state index contributed by atoms with van der Waals surface area (Å²) in [6.07, 6.45) is -0.168. The molecule has 0 aliphatic heterocycles. The molecule has 8 nitrogen and oxygen atoms in total. The molecule has 0 saturated heterocycles. The van der Waals surface area contributed by atoms with E-state index in [1.165, 1.54) is 6.07 Å². The number of carbonyl (C=O) groups is 2. The van der Waals surface area contributed by atoms with E-state index in [0.29, 0.717) is 41.7 Å². The molecule has 0 radical (unpaired) electrons. The Morgan fingerprint density at radius 3 is 2.32 bits per heavy atom. The van der Waals surface area contributed by atoms with Gasteiger partial charge in [-0.1, -0.05) is 6.07 Å². The van der Waals surface area contributed by atoms with Crippen molar-refractivity contribution in [3.05, 3.63) is 65.5 Å². The van der Waals surface area contributed by atoms with Gasteiger partial charge in [0.25, 0.3) is 5.91 Å². The fourth-order valence-electron chi connectivity index (χ4n) is 3.04. The molecular formula is C24H26N2O6S2. The molecule has 0 aliphatic rings. The van der Waals surface area contributed by atoms with E-state index in [2.05, 4.69) is 10.6 Å². The van der Waals surface area contributed by atoms with E-state index in [4.69, 9.17) is 9.47 Å². The number of sulfone groups is 1. The monoisotopic (exact) mass is 502 g/mol. The van der Waals surface area contributed by atoms with E-state index in [1.807, 2.05) is 13.8 Å². The Labute approximate surface area is 202 Å². The fourth-order valence-corrected chi connectivity index (χ4v) is 5.43. The maximum atomic E-state index is 12.7. The lowest BCUT2D eigenvalue weighted by Crippen LogP contribution is -2.17. The summed E-state index contributed by atoms with van der Waals surface area (Å²) in [5, 5.41) is 7.16. The van der Waals surface area contributed by atoms with Gasteiger partial charge in [0, 0.05) is 23.7 Å². The molecule has 0 atom stereocenters. The molecule has 1 aromatic heterocycles. The van der Waals surface area contributed by atoms with E-state index >= 15 is 0 Å². The maximum absolute atomic E-state index is 12.7. The molecule has 34 heavy (non-hydrogen) atoms. The smallest absolute Gasteiger partial charge is 0.255 e. The highest BCUT2D eigenvalue weighted by Gasteiger charge is 2.18. The Hall–Kier alpha value is -3.37. The molecule has 3 rings (SSSR count). The minimum atomic E-state index is -3.48. The van der Waals surface area contributed by atoms with Crippen molar-refractivity contribution < 1.29 is 27.5 Å². The quantitative estimate of drug-likeness (QED) is 0.396. The number of hydrogen-bond acceptors (Lipinski definition) is 7. The average molecular weight is 503 g/mol. The van der Waals surface area contributed by atoms with E-state index < -0.39 is 15.7 Å². The molecular weight excluding hydrogens is 476 g/mol. The van der Waals surface area contributed by atoms with Crippen molar-refractivity contribution in [1.82, 2.24) is 0 Å². The SMILES string of the molecule is CCOc1ccc(OCC)c(NC(=O)c2ccc(NC(=O)CCS(=O)(=O)c3cccs3)cc2)c1. The predicted molar refractivity (Wildman–Crippen MR) is 133 cm³/mol. The van der Waals surface area contributed by atoms with Crippen LogP contribution in [0.5, 0.6) is 11.5 Å². The van der Waals surface area contributed by atoms with Crippen molar-refractivity contribution >= 4 is 44.4 Å². The third kappa shape index (κ3) is 6.82. The summed E-state index contributed by atoms with van der Waals surface area (Å²) in [5.41, 5.74) is 1.33. The number of benzene rings is 2. The highest BCUT2D eigenvalue weighted by molar-refractivity contribution is 7.93. The summed E-state index contributed by atoms with van der Waals surface area (Å²) < 4.78 is 35.7. The van der Waals surface area contributed by atoms with Crippen LogP contribution >= 0.6 is 11.3 Å². The number of carbonyl (C=O) groups excluding carboxylic acids is 2. The number of anilines is 2. The first-order valence-corrected chi connectivity index (χ1v) is 13.2. The minimum absolute atomic E-state index is 0.168. The molecule has 2 N–H and O–H groups in total. The molecule has 2 amide bonds. The third-order valence-electron chi connectivity index (χ3n) is 4.64. The highest BCUT2D eigenvalue weighted by Crippen LogP contribution is 2.30. The zero-order valence-corrected chi connectivity index (χ0v) is 20.5. The van der Waals surface area contributed by atoms with Gasteiger partial charge in [-0.3, -0.25) is 9.59 Å². The van der Waals surface area contributed by atoms with Gasteiger partial charge < -0.3 is 20.1 Å². The van der Waals surface area contributed by atoms with Crippen LogP contribution in [0.3, 0.4) is 0 Å². The van der Waals surface area contributed by atoms with E-state index in [9.17, 15) is 18.0 Å². The van der Waals surface area contributed by atoms with E-state index in [0.717, 1.165) is 11.3 Å². The first kappa shape index (κ1) is 25.3. The summed E-state index contributed by atoms with van der Waals surface area (Å²) in [6, 6.07) is 14.7. The van der Waals surface area contributed by atoms with Crippen LogP contribution in [0, 0.1) is 0 Å². The van der Waals surface area contributed by atoms with Crippen LogP contribution in [-0.4, -0.2) is 39.2 Å². The molecule has 180 valence electrons. The van der Waals surface area contributed by atoms with Crippen LogP contribution in [0.4, 0.5) is 11.4 Å². The van der Waals surface area contributed by atoms with Crippen molar-refractivity contribution in [1.29, 1.82) is 0 Å². The molecule has 0 saturated carbocycles. The van der Waals surface area contributed by atoms with Crippen molar-refractivity contribution in [3.8, 4) is 11.5 Å². The average Bonchev–Trinajstić information content (AvgIpc) is 3.36. The van der Waals surface area contributed by atoms with Crippen molar-refractivity contribution in [2.45, 2.75) is 24.5 Å². The molecule has 0 bridgehead atoms. The molecule has 0 aliphatic carbocycles. The number of amides is 2. The van der Waals surface area contributed by atoms with Gasteiger partial charge in [-0.15, -0.1) is 11.3 Å². The Balaban J connectivity index is 1.60. The Morgan fingerprint density at radius 1 is 0.941 bits per heavy atom. The van der Waals surface area contributed by atoms with Crippen molar-refractivity contribution in [2.75, 3.05) is 29.6 Å². The van der Waals surface area contributed by atoms with Crippen molar-refractivity contribution in [2.24, 2.45) is 0 Å². The topological polar surface area (TPSA) is 111 Å². The van der Waals surface area contributed by atoms with Gasteiger partial charge in [-0.25, -0.2) is 8.42 Å².